The number of aryl methyl sites for hydroxylation is 1. The first-order valence-corrected chi connectivity index (χ1v) is 6.53. The number of nitrogens with zero attached hydrogens (tertiary/aromatic N) is 4. The van der Waals surface area contributed by atoms with Gasteiger partial charge in [0.1, 0.15) is 5.25 Å². The summed E-state index contributed by atoms with van der Waals surface area (Å²) in [5.41, 5.74) is 0.985. The Labute approximate surface area is 104 Å². The minimum absolute atomic E-state index is 0.0202. The Kier molecular flexibility index (Phi) is 2.20. The second kappa shape index (κ2) is 3.41. The Morgan fingerprint density at radius 2 is 2.12 bits per heavy atom. The number of carbonyl (C=O) groups is 1. The third kappa shape index (κ3) is 1.71. The lowest BCUT2D eigenvalue weighted by molar-refractivity contribution is -0.120. The fourth-order valence-electron chi connectivity index (χ4n) is 2.38. The molecule has 2 aliphatic rings. The third-order valence-electron chi connectivity index (χ3n) is 3.13. The van der Waals surface area contributed by atoms with E-state index in [1.165, 1.54) is 11.8 Å². The predicted molar refractivity (Wildman–Crippen MR) is 65.3 cm³/mol. The van der Waals surface area contributed by atoms with Gasteiger partial charge in [0.2, 0.25) is 5.16 Å². The highest BCUT2D eigenvalue weighted by Crippen LogP contribution is 2.40. The van der Waals surface area contributed by atoms with E-state index < -0.39 is 0 Å². The Morgan fingerprint density at radius 3 is 2.88 bits per heavy atom. The molecule has 17 heavy (non-hydrogen) atoms. The zero-order valence-corrected chi connectivity index (χ0v) is 10.9. The number of hydrogen-bond donors (Lipinski definition) is 0. The fraction of sp³-hybridized carbons (Fsp3) is 0.636. The van der Waals surface area contributed by atoms with Crippen LogP contribution in [0.4, 0.5) is 0 Å². The predicted octanol–water partition coefficient (Wildman–Crippen LogP) is 1.65. The highest BCUT2D eigenvalue weighted by atomic mass is 32.2. The summed E-state index contributed by atoms with van der Waals surface area (Å²) in [5.74, 6) is 1.03. The van der Waals surface area contributed by atoms with E-state index in [1.54, 1.807) is 4.68 Å². The van der Waals surface area contributed by atoms with Crippen molar-refractivity contribution >= 4 is 23.3 Å². The van der Waals surface area contributed by atoms with E-state index in [-0.39, 0.29) is 16.4 Å². The van der Waals surface area contributed by atoms with Gasteiger partial charge in [-0.2, -0.15) is 9.78 Å². The zero-order chi connectivity index (χ0) is 12.2. The van der Waals surface area contributed by atoms with Crippen LogP contribution in [0.3, 0.4) is 0 Å². The van der Waals surface area contributed by atoms with Crippen LogP contribution in [-0.2, 0) is 4.79 Å². The van der Waals surface area contributed by atoms with E-state index in [0.29, 0.717) is 6.42 Å². The number of fused-ring (bicyclic) bond motifs is 2. The molecule has 0 unspecified atom stereocenters. The lowest BCUT2D eigenvalue weighted by atomic mass is 9.75. The summed E-state index contributed by atoms with van der Waals surface area (Å²) in [6, 6.07) is 0. The van der Waals surface area contributed by atoms with Crippen LogP contribution < -0.4 is 0 Å². The molecule has 1 aliphatic carbocycles. The van der Waals surface area contributed by atoms with Gasteiger partial charge in [0, 0.05) is 6.42 Å². The van der Waals surface area contributed by atoms with Crippen molar-refractivity contribution in [2.75, 3.05) is 0 Å². The Morgan fingerprint density at radius 1 is 1.35 bits per heavy atom. The number of rotatable bonds is 0. The molecule has 1 saturated carbocycles. The van der Waals surface area contributed by atoms with Gasteiger partial charge in [-0.1, -0.05) is 25.6 Å². The van der Waals surface area contributed by atoms with Crippen molar-refractivity contribution in [2.24, 2.45) is 10.5 Å². The van der Waals surface area contributed by atoms with Crippen molar-refractivity contribution in [3.8, 4) is 0 Å². The van der Waals surface area contributed by atoms with Crippen LogP contribution in [0, 0.1) is 12.3 Å². The van der Waals surface area contributed by atoms with Gasteiger partial charge in [-0.15, -0.1) is 10.2 Å². The van der Waals surface area contributed by atoms with Gasteiger partial charge in [-0.05, 0) is 18.8 Å². The summed E-state index contributed by atoms with van der Waals surface area (Å²) in [6.07, 6.45) is 1.49. The first-order valence-electron chi connectivity index (χ1n) is 5.65. The minimum atomic E-state index is -0.140. The highest BCUT2D eigenvalue weighted by Gasteiger charge is 2.41. The second-order valence-electron chi connectivity index (χ2n) is 5.41. The van der Waals surface area contributed by atoms with Crippen molar-refractivity contribution in [1.82, 2.24) is 14.9 Å². The molecule has 0 N–H and O–H groups in total. The Balaban J connectivity index is 2.06. The SMILES string of the molecule is Cc1nnc2n1N=C1CC(C)(C)CC(=O)[C@H]1S2. The Hall–Kier alpha value is -1.17. The lowest BCUT2D eigenvalue weighted by Gasteiger charge is -2.35. The molecule has 3 rings (SSSR count). The molecule has 0 bridgehead atoms. The van der Waals surface area contributed by atoms with Crippen LogP contribution in [0.15, 0.2) is 10.3 Å². The van der Waals surface area contributed by atoms with Crippen molar-refractivity contribution in [3.63, 3.8) is 0 Å². The number of ketones is 1. The fourth-order valence-corrected chi connectivity index (χ4v) is 3.43. The molecule has 6 heteroatoms. The van der Waals surface area contributed by atoms with Crippen LogP contribution in [0.5, 0.6) is 0 Å². The number of thioether (sulfide) groups is 1. The smallest absolute Gasteiger partial charge is 0.213 e. The van der Waals surface area contributed by atoms with Gasteiger partial charge in [0.15, 0.2) is 11.6 Å². The standard InChI is InChI=1S/C11H14N4OS/c1-6-12-13-10-15(6)14-7-4-11(2,3)5-8(16)9(7)17-10/h9H,4-5H2,1-3H3/t9-/m0/s1. The van der Waals surface area contributed by atoms with Gasteiger partial charge in [0.05, 0.1) is 5.71 Å². The highest BCUT2D eigenvalue weighted by molar-refractivity contribution is 8.01. The number of carbonyl (C=O) groups excluding carboxylic acids is 1. The summed E-state index contributed by atoms with van der Waals surface area (Å²) < 4.78 is 1.74. The van der Waals surface area contributed by atoms with E-state index in [2.05, 4.69) is 29.1 Å². The molecule has 5 nitrogen and oxygen atoms in total. The van der Waals surface area contributed by atoms with Gasteiger partial charge in [0.25, 0.3) is 0 Å². The van der Waals surface area contributed by atoms with Gasteiger partial charge >= 0.3 is 0 Å². The van der Waals surface area contributed by atoms with Gasteiger partial charge < -0.3 is 0 Å². The molecule has 90 valence electrons. The van der Waals surface area contributed by atoms with Crippen LogP contribution in [0.2, 0.25) is 0 Å². The van der Waals surface area contributed by atoms with Crippen LogP contribution in [0.1, 0.15) is 32.5 Å². The monoisotopic (exact) mass is 250 g/mol. The van der Waals surface area contributed by atoms with Crippen molar-refractivity contribution in [2.45, 2.75) is 44.0 Å². The average molecular weight is 250 g/mol. The first kappa shape index (κ1) is 11.0. The molecule has 1 aliphatic heterocycles. The van der Waals surface area contributed by atoms with E-state index in [0.717, 1.165) is 23.1 Å². The molecule has 1 atom stereocenters. The molecule has 1 aromatic rings. The van der Waals surface area contributed by atoms with Gasteiger partial charge in [-0.3, -0.25) is 4.79 Å². The number of aromatic nitrogens is 3. The first-order chi connectivity index (χ1) is 7.96. The third-order valence-corrected chi connectivity index (χ3v) is 4.36. The number of hydrogen-bond acceptors (Lipinski definition) is 5. The lowest BCUT2D eigenvalue weighted by Crippen LogP contribution is -2.41. The second-order valence-corrected chi connectivity index (χ2v) is 6.49. The molecule has 0 saturated heterocycles. The molecule has 0 aromatic carbocycles. The van der Waals surface area contributed by atoms with Crippen molar-refractivity contribution < 1.29 is 4.79 Å². The molecule has 0 spiro atoms. The molecular weight excluding hydrogens is 236 g/mol. The summed E-state index contributed by atoms with van der Waals surface area (Å²) in [4.78, 5) is 12.1. The van der Waals surface area contributed by atoms with E-state index in [9.17, 15) is 4.79 Å². The summed E-state index contributed by atoms with van der Waals surface area (Å²) in [7, 11) is 0. The summed E-state index contributed by atoms with van der Waals surface area (Å²) >= 11 is 1.48. The van der Waals surface area contributed by atoms with Crippen LogP contribution in [-0.4, -0.2) is 31.6 Å². The Bertz CT molecular complexity index is 532. The van der Waals surface area contributed by atoms with E-state index in [1.807, 2.05) is 6.92 Å². The van der Waals surface area contributed by atoms with Crippen molar-refractivity contribution in [1.29, 1.82) is 0 Å². The molecule has 2 heterocycles. The molecule has 0 radical (unpaired) electrons. The zero-order valence-electron chi connectivity index (χ0n) is 10.1. The maximum absolute atomic E-state index is 12.1. The van der Waals surface area contributed by atoms with E-state index >= 15 is 0 Å². The topological polar surface area (TPSA) is 60.1 Å². The average Bonchev–Trinajstić information content (AvgIpc) is 2.57. The summed E-state index contributed by atoms with van der Waals surface area (Å²) in [6.45, 7) is 6.10. The van der Waals surface area contributed by atoms with E-state index in [4.69, 9.17) is 0 Å². The molecule has 1 aromatic heterocycles. The van der Waals surface area contributed by atoms with Gasteiger partial charge in [-0.25, -0.2) is 0 Å². The quantitative estimate of drug-likeness (QED) is 0.702. The maximum atomic E-state index is 12.1. The van der Waals surface area contributed by atoms with Crippen LogP contribution >= 0.6 is 11.8 Å². The van der Waals surface area contributed by atoms with Crippen LogP contribution in [0.25, 0.3) is 0 Å². The minimum Gasteiger partial charge on any atom is -0.298 e. The maximum Gasteiger partial charge on any atom is 0.213 e. The molecule has 0 amide bonds. The number of Topliss-reactive ketones (excluding diaryl/α,β-unsaturated/α-hetero) is 1. The summed E-state index contributed by atoms with van der Waals surface area (Å²) in [5, 5.41) is 13.2. The largest absolute Gasteiger partial charge is 0.298 e. The normalized spacial score (nSPS) is 26.2. The molecular formula is C11H14N4OS. The molecule has 1 fully saturated rings. The van der Waals surface area contributed by atoms with Crippen molar-refractivity contribution in [3.05, 3.63) is 5.82 Å².